The molecule has 0 radical (unpaired) electrons. The number of azide groups is 1. The van der Waals surface area contributed by atoms with E-state index in [0.29, 0.717) is 6.42 Å². The Labute approximate surface area is 131 Å². The van der Waals surface area contributed by atoms with Gasteiger partial charge in [0.1, 0.15) is 6.10 Å². The minimum absolute atomic E-state index is 0.142. The first kappa shape index (κ1) is 18.5. The Morgan fingerprint density at radius 3 is 2.82 bits per heavy atom. The van der Waals surface area contributed by atoms with Crippen molar-refractivity contribution in [2.45, 2.75) is 58.0 Å². The fraction of sp³-hybridized carbons (Fsp3) is 0.800. The molecule has 0 aromatic carbocycles. The van der Waals surface area contributed by atoms with Crippen LogP contribution in [0.5, 0.6) is 0 Å². The molecule has 1 heterocycles. The van der Waals surface area contributed by atoms with Crippen molar-refractivity contribution in [3.05, 3.63) is 22.6 Å². The summed E-state index contributed by atoms with van der Waals surface area (Å²) in [6, 6.07) is 0. The molecule has 0 N–H and O–H groups in total. The van der Waals surface area contributed by atoms with Gasteiger partial charge in [-0.15, -0.1) is 0 Å². The molecule has 1 unspecified atom stereocenters. The molecule has 7 heteroatoms. The zero-order chi connectivity index (χ0) is 16.6. The number of esters is 1. The smallest absolute Gasteiger partial charge is 0.308 e. The first-order valence-corrected chi connectivity index (χ1v) is 7.54. The fourth-order valence-electron chi connectivity index (χ4n) is 2.51. The van der Waals surface area contributed by atoms with Gasteiger partial charge in [0, 0.05) is 4.91 Å². The lowest BCUT2D eigenvalue weighted by molar-refractivity contribution is -0.145. The lowest BCUT2D eigenvalue weighted by Crippen LogP contribution is -2.24. The topological polar surface area (TPSA) is 93.5 Å². The molecule has 0 amide bonds. The van der Waals surface area contributed by atoms with E-state index >= 15 is 0 Å². The highest BCUT2D eigenvalue weighted by Gasteiger charge is 2.39. The summed E-state index contributed by atoms with van der Waals surface area (Å²) in [5.41, 5.74) is 8.43. The van der Waals surface area contributed by atoms with Gasteiger partial charge in [-0.3, -0.25) is 4.79 Å². The Morgan fingerprint density at radius 1 is 1.50 bits per heavy atom. The fourth-order valence-corrected chi connectivity index (χ4v) is 2.51. The van der Waals surface area contributed by atoms with Crippen molar-refractivity contribution in [3.63, 3.8) is 0 Å². The first-order chi connectivity index (χ1) is 10.4. The number of carbonyl (C=O) groups is 1. The molecule has 22 heavy (non-hydrogen) atoms. The summed E-state index contributed by atoms with van der Waals surface area (Å²) in [5.74, 6) is -1.05. The number of hydrogen-bond donors (Lipinski definition) is 0. The van der Waals surface area contributed by atoms with E-state index < -0.39 is 5.79 Å². The third-order valence-electron chi connectivity index (χ3n) is 3.46. The number of nitrogens with zero attached hydrogens (tertiary/aromatic N) is 3. The van der Waals surface area contributed by atoms with Crippen molar-refractivity contribution in [2.24, 2.45) is 11.0 Å². The number of ether oxygens (including phenoxy) is 3. The van der Waals surface area contributed by atoms with E-state index in [2.05, 4.69) is 10.0 Å². The maximum absolute atomic E-state index is 11.7. The monoisotopic (exact) mass is 311 g/mol. The summed E-state index contributed by atoms with van der Waals surface area (Å²) in [6.07, 6.45) is 5.48. The molecule has 0 aliphatic carbocycles. The van der Waals surface area contributed by atoms with Crippen LogP contribution < -0.4 is 0 Å². The third kappa shape index (κ3) is 5.67. The number of allylic oxidation sites excluding steroid dienone is 1. The largest absolute Gasteiger partial charge is 0.469 e. The Hall–Kier alpha value is -1.56. The highest BCUT2D eigenvalue weighted by atomic mass is 16.7. The quantitative estimate of drug-likeness (QED) is 0.226. The van der Waals surface area contributed by atoms with Gasteiger partial charge < -0.3 is 14.2 Å². The normalized spacial score (nSPS) is 24.9. The molecule has 1 rings (SSSR count). The van der Waals surface area contributed by atoms with Gasteiger partial charge in [0.15, 0.2) is 5.79 Å². The lowest BCUT2D eigenvalue weighted by Gasteiger charge is -2.16. The van der Waals surface area contributed by atoms with Gasteiger partial charge in [-0.1, -0.05) is 30.6 Å². The molecular formula is C15H25N3O4. The zero-order valence-corrected chi connectivity index (χ0v) is 13.7. The Balaban J connectivity index is 2.65. The van der Waals surface area contributed by atoms with Crippen molar-refractivity contribution in [1.29, 1.82) is 0 Å². The van der Waals surface area contributed by atoms with Crippen LogP contribution in [0.2, 0.25) is 0 Å². The SMILES string of the molecule is CCCC(C/C=C/[C@@H]1OC(C)(C)O[C@@H]1CN=[N+]=[N-])C(=O)OC. The van der Waals surface area contributed by atoms with Crippen LogP contribution in [0.4, 0.5) is 0 Å². The maximum Gasteiger partial charge on any atom is 0.308 e. The molecule has 1 saturated heterocycles. The second-order valence-electron chi connectivity index (χ2n) is 5.72. The second-order valence-corrected chi connectivity index (χ2v) is 5.72. The molecule has 124 valence electrons. The van der Waals surface area contributed by atoms with Gasteiger partial charge >= 0.3 is 5.97 Å². The molecule has 0 aromatic heterocycles. The molecule has 1 aliphatic heterocycles. The van der Waals surface area contributed by atoms with Gasteiger partial charge in [0.2, 0.25) is 0 Å². The van der Waals surface area contributed by atoms with Crippen LogP contribution in [-0.2, 0) is 19.0 Å². The second kappa shape index (κ2) is 8.78. The minimum atomic E-state index is -0.712. The van der Waals surface area contributed by atoms with Crippen LogP contribution in [0.15, 0.2) is 17.3 Å². The summed E-state index contributed by atoms with van der Waals surface area (Å²) in [7, 11) is 1.40. The van der Waals surface area contributed by atoms with Gasteiger partial charge in [0.05, 0.1) is 25.7 Å². The number of methoxy groups -OCH3 is 1. The van der Waals surface area contributed by atoms with Gasteiger partial charge in [-0.05, 0) is 32.2 Å². The Kier molecular flexibility index (Phi) is 7.38. The van der Waals surface area contributed by atoms with Gasteiger partial charge in [-0.2, -0.15) is 0 Å². The average molecular weight is 311 g/mol. The van der Waals surface area contributed by atoms with Gasteiger partial charge in [-0.25, -0.2) is 0 Å². The summed E-state index contributed by atoms with van der Waals surface area (Å²) in [6.45, 7) is 5.88. The van der Waals surface area contributed by atoms with Crippen molar-refractivity contribution in [2.75, 3.05) is 13.7 Å². The molecule has 0 bridgehead atoms. The predicted octanol–water partition coefficient (Wildman–Crippen LogP) is 3.35. The molecule has 3 atom stereocenters. The van der Waals surface area contributed by atoms with Gasteiger partial charge in [0.25, 0.3) is 0 Å². The molecule has 7 nitrogen and oxygen atoms in total. The summed E-state index contributed by atoms with van der Waals surface area (Å²) >= 11 is 0. The molecule has 0 spiro atoms. The summed E-state index contributed by atoms with van der Waals surface area (Å²) in [5, 5.41) is 3.55. The highest BCUT2D eigenvalue weighted by molar-refractivity contribution is 5.72. The first-order valence-electron chi connectivity index (χ1n) is 7.54. The lowest BCUT2D eigenvalue weighted by atomic mass is 9.99. The molecule has 0 aromatic rings. The Morgan fingerprint density at radius 2 is 2.23 bits per heavy atom. The van der Waals surface area contributed by atoms with E-state index in [4.69, 9.17) is 19.7 Å². The highest BCUT2D eigenvalue weighted by Crippen LogP contribution is 2.29. The Bertz CT molecular complexity index is 444. The summed E-state index contributed by atoms with van der Waals surface area (Å²) in [4.78, 5) is 14.4. The van der Waals surface area contributed by atoms with Crippen LogP contribution in [-0.4, -0.2) is 37.6 Å². The van der Waals surface area contributed by atoms with Crippen LogP contribution >= 0.6 is 0 Å². The number of rotatable bonds is 8. The van der Waals surface area contributed by atoms with E-state index in [1.807, 2.05) is 32.9 Å². The third-order valence-corrected chi connectivity index (χ3v) is 3.46. The van der Waals surface area contributed by atoms with Crippen molar-refractivity contribution in [3.8, 4) is 0 Å². The minimum Gasteiger partial charge on any atom is -0.469 e. The molecule has 1 aliphatic rings. The van der Waals surface area contributed by atoms with E-state index in [1.54, 1.807) is 0 Å². The molecule has 0 saturated carbocycles. The van der Waals surface area contributed by atoms with E-state index in [-0.39, 0.29) is 30.6 Å². The van der Waals surface area contributed by atoms with E-state index in [9.17, 15) is 4.79 Å². The van der Waals surface area contributed by atoms with Crippen LogP contribution in [0, 0.1) is 5.92 Å². The van der Waals surface area contributed by atoms with Crippen LogP contribution in [0.25, 0.3) is 10.4 Å². The zero-order valence-electron chi connectivity index (χ0n) is 13.7. The number of carbonyl (C=O) groups excluding carboxylic acids is 1. The average Bonchev–Trinajstić information content (AvgIpc) is 2.77. The number of hydrogen-bond acceptors (Lipinski definition) is 5. The van der Waals surface area contributed by atoms with Crippen LogP contribution in [0.3, 0.4) is 0 Å². The van der Waals surface area contributed by atoms with Crippen molar-refractivity contribution in [1.82, 2.24) is 0 Å². The molecule has 1 fully saturated rings. The van der Waals surface area contributed by atoms with E-state index in [1.165, 1.54) is 7.11 Å². The van der Waals surface area contributed by atoms with Crippen LogP contribution in [0.1, 0.15) is 40.0 Å². The summed E-state index contributed by atoms with van der Waals surface area (Å²) < 4.78 is 16.3. The van der Waals surface area contributed by atoms with Crippen molar-refractivity contribution >= 4 is 5.97 Å². The van der Waals surface area contributed by atoms with Crippen molar-refractivity contribution < 1.29 is 19.0 Å². The maximum atomic E-state index is 11.7. The van der Waals surface area contributed by atoms with E-state index in [0.717, 1.165) is 12.8 Å². The standard InChI is InChI=1S/C15H25N3O4/c1-5-7-11(14(19)20-4)8-6-9-12-13(10-17-18-16)22-15(2,3)21-12/h6,9,11-13H,5,7-8,10H2,1-4H3/b9-6+/t11?,12-,13+/m0/s1. The molecular weight excluding hydrogens is 286 g/mol. The predicted molar refractivity (Wildman–Crippen MR) is 82.0 cm³/mol.